The molecular formula is C21H17BN4O4S. The van der Waals surface area contributed by atoms with E-state index < -0.39 is 16.0 Å². The second-order valence-corrected chi connectivity index (χ2v) is 8.52. The number of carboxylic acid groups (broad SMARTS) is 1. The lowest BCUT2D eigenvalue weighted by molar-refractivity contribution is 0.0697. The molecule has 0 radical (unpaired) electrons. The Balaban J connectivity index is 1.74. The maximum atomic E-state index is 12.9. The van der Waals surface area contributed by atoms with Gasteiger partial charge in [-0.3, -0.25) is 4.72 Å². The maximum Gasteiger partial charge on any atom is 0.335 e. The first-order chi connectivity index (χ1) is 14.8. The Kier molecular flexibility index (Phi) is 5.30. The summed E-state index contributed by atoms with van der Waals surface area (Å²) in [5, 5.41) is 12.1. The van der Waals surface area contributed by atoms with Crippen LogP contribution in [-0.2, 0) is 10.0 Å². The number of hydrogen-bond donors (Lipinski definition) is 3. The molecule has 0 unspecified atom stereocenters. The Hall–Kier alpha value is -3.92. The smallest absolute Gasteiger partial charge is 0.335 e. The molecule has 0 saturated carbocycles. The van der Waals surface area contributed by atoms with Crippen molar-refractivity contribution in [3.05, 3.63) is 78.4 Å². The number of nitrogens with one attached hydrogen (secondary N) is 2. The molecule has 4 rings (SSSR count). The van der Waals surface area contributed by atoms with Crippen molar-refractivity contribution in [1.82, 2.24) is 9.97 Å². The van der Waals surface area contributed by atoms with E-state index in [9.17, 15) is 13.2 Å². The summed E-state index contributed by atoms with van der Waals surface area (Å²) in [6.07, 6.45) is 0. The first-order valence-electron chi connectivity index (χ1n) is 9.28. The molecule has 0 aliphatic carbocycles. The standard InChI is InChI=1S/C21H17BN4O4S/c22-14-7-11-16(12-8-14)31(29,30)26-20-19(24-17-3-1-2-4-18(17)25-20)23-15-9-5-13(6-10-15)21(27)28/h1-12H,22H2,(H,23,24)(H,25,26)(H,27,28). The number of rotatable bonds is 6. The van der Waals surface area contributed by atoms with Crippen LogP contribution in [0.15, 0.2) is 77.7 Å². The first kappa shape index (κ1) is 20.4. The molecule has 3 N–H and O–H groups in total. The summed E-state index contributed by atoms with van der Waals surface area (Å²) in [6.45, 7) is 0. The van der Waals surface area contributed by atoms with E-state index in [0.29, 0.717) is 16.7 Å². The van der Waals surface area contributed by atoms with Crippen molar-refractivity contribution in [2.45, 2.75) is 4.90 Å². The lowest BCUT2D eigenvalue weighted by atomic mass is 9.97. The number of fused-ring (bicyclic) bond motifs is 1. The Morgan fingerprint density at radius 1 is 0.839 bits per heavy atom. The molecule has 0 atom stereocenters. The third-order valence-corrected chi connectivity index (χ3v) is 5.88. The number of anilines is 3. The molecule has 1 heterocycles. The zero-order valence-corrected chi connectivity index (χ0v) is 17.2. The van der Waals surface area contributed by atoms with Crippen LogP contribution in [0.5, 0.6) is 0 Å². The van der Waals surface area contributed by atoms with Gasteiger partial charge in [-0.2, -0.15) is 0 Å². The summed E-state index contributed by atoms with van der Waals surface area (Å²) in [5.41, 5.74) is 2.71. The number of aromatic nitrogens is 2. The second-order valence-electron chi connectivity index (χ2n) is 6.84. The van der Waals surface area contributed by atoms with Gasteiger partial charge in [-0.1, -0.05) is 29.7 Å². The summed E-state index contributed by atoms with van der Waals surface area (Å²) in [7, 11) is -2.03. The minimum atomic E-state index is -3.90. The van der Waals surface area contributed by atoms with Crippen molar-refractivity contribution in [2.75, 3.05) is 10.0 Å². The normalized spacial score (nSPS) is 11.2. The fraction of sp³-hybridized carbons (Fsp3) is 0. The Bertz CT molecular complexity index is 1380. The van der Waals surface area contributed by atoms with Gasteiger partial charge in [0.1, 0.15) is 7.85 Å². The van der Waals surface area contributed by atoms with Crippen molar-refractivity contribution >= 4 is 57.7 Å². The predicted molar refractivity (Wildman–Crippen MR) is 122 cm³/mol. The van der Waals surface area contributed by atoms with Gasteiger partial charge in [0.15, 0.2) is 11.6 Å². The monoisotopic (exact) mass is 432 g/mol. The first-order valence-corrected chi connectivity index (χ1v) is 10.8. The number of para-hydroxylation sites is 2. The molecular weight excluding hydrogens is 415 g/mol. The van der Waals surface area contributed by atoms with Crippen LogP contribution in [-0.4, -0.2) is 37.3 Å². The van der Waals surface area contributed by atoms with Gasteiger partial charge in [-0.05, 0) is 48.5 Å². The zero-order valence-electron chi connectivity index (χ0n) is 16.4. The van der Waals surface area contributed by atoms with Crippen LogP contribution in [0.4, 0.5) is 17.3 Å². The van der Waals surface area contributed by atoms with E-state index in [1.807, 2.05) is 7.85 Å². The molecule has 4 aromatic rings. The molecule has 1 aromatic heterocycles. The molecule has 0 aliphatic heterocycles. The minimum absolute atomic E-state index is 0.0292. The van der Waals surface area contributed by atoms with Crippen LogP contribution >= 0.6 is 0 Å². The number of carboxylic acids is 1. The summed E-state index contributed by atoms with van der Waals surface area (Å²) >= 11 is 0. The van der Waals surface area contributed by atoms with Crippen molar-refractivity contribution in [3.63, 3.8) is 0 Å². The van der Waals surface area contributed by atoms with Gasteiger partial charge >= 0.3 is 5.97 Å². The van der Waals surface area contributed by atoms with Gasteiger partial charge < -0.3 is 10.4 Å². The summed E-state index contributed by atoms with van der Waals surface area (Å²) in [4.78, 5) is 20.1. The number of benzene rings is 3. The quantitative estimate of drug-likeness (QED) is 0.399. The molecule has 0 amide bonds. The number of sulfonamides is 1. The van der Waals surface area contributed by atoms with Crippen LogP contribution < -0.4 is 15.5 Å². The average Bonchev–Trinajstić information content (AvgIpc) is 2.74. The van der Waals surface area contributed by atoms with Gasteiger partial charge in [0, 0.05) is 5.69 Å². The van der Waals surface area contributed by atoms with Crippen LogP contribution in [0.3, 0.4) is 0 Å². The summed E-state index contributed by atoms with van der Waals surface area (Å²) < 4.78 is 28.3. The molecule has 8 nitrogen and oxygen atoms in total. The SMILES string of the molecule is Bc1ccc(S(=O)(=O)Nc2nc3ccccc3nc2Nc2ccc(C(=O)O)cc2)cc1. The molecule has 3 aromatic carbocycles. The van der Waals surface area contributed by atoms with E-state index in [2.05, 4.69) is 20.0 Å². The third-order valence-electron chi connectivity index (χ3n) is 4.53. The lowest BCUT2D eigenvalue weighted by Gasteiger charge is -2.14. The number of hydrogen-bond acceptors (Lipinski definition) is 6. The highest BCUT2D eigenvalue weighted by molar-refractivity contribution is 7.92. The maximum absolute atomic E-state index is 12.9. The largest absolute Gasteiger partial charge is 0.478 e. The molecule has 0 aliphatic rings. The fourth-order valence-electron chi connectivity index (χ4n) is 2.89. The van der Waals surface area contributed by atoms with Crippen molar-refractivity contribution in [3.8, 4) is 0 Å². The van der Waals surface area contributed by atoms with Gasteiger partial charge in [0.2, 0.25) is 0 Å². The van der Waals surface area contributed by atoms with Gasteiger partial charge in [-0.15, -0.1) is 0 Å². The van der Waals surface area contributed by atoms with E-state index in [1.54, 1.807) is 48.5 Å². The van der Waals surface area contributed by atoms with Crippen molar-refractivity contribution < 1.29 is 18.3 Å². The minimum Gasteiger partial charge on any atom is -0.478 e. The van der Waals surface area contributed by atoms with E-state index in [4.69, 9.17) is 5.11 Å². The van der Waals surface area contributed by atoms with Crippen LogP contribution in [0.25, 0.3) is 11.0 Å². The van der Waals surface area contributed by atoms with Crippen LogP contribution in [0, 0.1) is 0 Å². The van der Waals surface area contributed by atoms with E-state index in [0.717, 1.165) is 5.46 Å². The number of aromatic carboxylic acids is 1. The van der Waals surface area contributed by atoms with E-state index in [1.165, 1.54) is 24.3 Å². The molecule has 0 fully saturated rings. The summed E-state index contributed by atoms with van der Waals surface area (Å²) in [6, 6.07) is 19.6. The van der Waals surface area contributed by atoms with Crippen LogP contribution in [0.2, 0.25) is 0 Å². The number of carbonyl (C=O) groups is 1. The molecule has 31 heavy (non-hydrogen) atoms. The predicted octanol–water partition coefficient (Wildman–Crippen LogP) is 2.13. The van der Waals surface area contributed by atoms with Crippen molar-refractivity contribution in [2.24, 2.45) is 0 Å². The van der Waals surface area contributed by atoms with Crippen LogP contribution in [0.1, 0.15) is 10.4 Å². The summed E-state index contributed by atoms with van der Waals surface area (Å²) in [5.74, 6) is -0.817. The Morgan fingerprint density at radius 3 is 2.00 bits per heavy atom. The van der Waals surface area contributed by atoms with E-state index >= 15 is 0 Å². The van der Waals surface area contributed by atoms with Gasteiger partial charge in [-0.25, -0.2) is 23.2 Å². The fourth-order valence-corrected chi connectivity index (χ4v) is 3.90. The molecule has 10 heteroatoms. The molecule has 0 spiro atoms. The Labute approximate surface area is 179 Å². The lowest BCUT2D eigenvalue weighted by Crippen LogP contribution is -2.16. The van der Waals surface area contributed by atoms with Crippen molar-refractivity contribution in [1.29, 1.82) is 0 Å². The van der Waals surface area contributed by atoms with Gasteiger partial charge in [0.05, 0.1) is 21.5 Å². The highest BCUT2D eigenvalue weighted by atomic mass is 32.2. The van der Waals surface area contributed by atoms with Gasteiger partial charge in [0.25, 0.3) is 10.0 Å². The molecule has 0 saturated heterocycles. The molecule has 0 bridgehead atoms. The highest BCUT2D eigenvalue weighted by Gasteiger charge is 2.19. The topological polar surface area (TPSA) is 121 Å². The highest BCUT2D eigenvalue weighted by Crippen LogP contribution is 2.27. The average molecular weight is 432 g/mol. The Morgan fingerprint density at radius 2 is 1.42 bits per heavy atom. The molecule has 154 valence electrons. The van der Waals surface area contributed by atoms with E-state index in [-0.39, 0.29) is 22.1 Å². The third kappa shape index (κ3) is 4.48. The number of nitrogens with zero attached hydrogens (tertiary/aromatic N) is 2. The zero-order chi connectivity index (χ0) is 22.0. The second kappa shape index (κ2) is 8.08.